The highest BCUT2D eigenvalue weighted by Gasteiger charge is 2.38. The minimum atomic E-state index is 0.130. The maximum absolute atomic E-state index is 6.27. The molecule has 4 rings (SSSR count). The van der Waals surface area contributed by atoms with Crippen LogP contribution in [0.25, 0.3) is 0 Å². The van der Waals surface area contributed by atoms with E-state index < -0.39 is 0 Å². The van der Waals surface area contributed by atoms with Gasteiger partial charge in [0.05, 0.1) is 6.04 Å². The van der Waals surface area contributed by atoms with Gasteiger partial charge in [0.15, 0.2) is 0 Å². The van der Waals surface area contributed by atoms with Gasteiger partial charge in [0, 0.05) is 11.4 Å². The molecule has 0 bridgehead atoms. The number of allylic oxidation sites excluding steroid dienone is 4. The van der Waals surface area contributed by atoms with Gasteiger partial charge in [0.2, 0.25) is 0 Å². The molecule has 0 spiro atoms. The van der Waals surface area contributed by atoms with E-state index in [-0.39, 0.29) is 18.2 Å². The molecule has 2 aliphatic carbocycles. The molecule has 2 nitrogen and oxygen atoms in total. The van der Waals surface area contributed by atoms with Crippen LogP contribution in [0.4, 0.5) is 5.69 Å². The highest BCUT2D eigenvalue weighted by atomic mass is 16.5. The molecule has 1 aromatic carbocycles. The fraction of sp³-hybridized carbons (Fsp3) is 0.263. The summed E-state index contributed by atoms with van der Waals surface area (Å²) in [5.74, 6) is 0. The largest absolute Gasteiger partial charge is 0.362 e. The van der Waals surface area contributed by atoms with E-state index in [1.165, 1.54) is 16.9 Å². The van der Waals surface area contributed by atoms with Crippen LogP contribution >= 0.6 is 0 Å². The molecule has 3 aliphatic rings. The second-order valence-electron chi connectivity index (χ2n) is 5.81. The van der Waals surface area contributed by atoms with Crippen molar-refractivity contribution >= 4 is 5.69 Å². The number of rotatable bonds is 1. The Balaban J connectivity index is 1.80. The fourth-order valence-corrected chi connectivity index (χ4v) is 3.28. The van der Waals surface area contributed by atoms with Crippen LogP contribution in [0.3, 0.4) is 0 Å². The van der Waals surface area contributed by atoms with Gasteiger partial charge in [-0.15, -0.1) is 0 Å². The molecule has 1 fully saturated rings. The molecule has 2 heteroatoms. The Morgan fingerprint density at radius 2 is 1.86 bits per heavy atom. The third-order valence-electron chi connectivity index (χ3n) is 4.35. The van der Waals surface area contributed by atoms with Crippen LogP contribution in [0.5, 0.6) is 0 Å². The van der Waals surface area contributed by atoms with E-state index in [2.05, 4.69) is 78.6 Å². The van der Waals surface area contributed by atoms with E-state index in [4.69, 9.17) is 4.74 Å². The lowest BCUT2D eigenvalue weighted by Gasteiger charge is -2.47. The van der Waals surface area contributed by atoms with E-state index in [1.54, 1.807) is 0 Å². The van der Waals surface area contributed by atoms with Gasteiger partial charge in [0.1, 0.15) is 12.2 Å². The predicted molar refractivity (Wildman–Crippen MR) is 86.2 cm³/mol. The molecule has 3 atom stereocenters. The number of fused-ring (bicyclic) bond motifs is 2. The van der Waals surface area contributed by atoms with Crippen LogP contribution < -0.4 is 4.90 Å². The molecule has 0 N–H and O–H groups in total. The molecular weight excluding hydrogens is 258 g/mol. The first-order valence-corrected chi connectivity index (χ1v) is 7.56. The first kappa shape index (κ1) is 12.7. The number of morpholine rings is 1. The van der Waals surface area contributed by atoms with Crippen molar-refractivity contribution in [2.75, 3.05) is 4.90 Å². The monoisotopic (exact) mass is 277 g/mol. The maximum atomic E-state index is 6.27. The molecule has 21 heavy (non-hydrogen) atoms. The lowest BCUT2D eigenvalue weighted by atomic mass is 9.94. The van der Waals surface area contributed by atoms with E-state index in [9.17, 15) is 0 Å². The van der Waals surface area contributed by atoms with Crippen LogP contribution in [0.1, 0.15) is 12.0 Å². The van der Waals surface area contributed by atoms with Gasteiger partial charge in [-0.3, -0.25) is 0 Å². The Morgan fingerprint density at radius 3 is 2.71 bits per heavy atom. The SMILES string of the molecule is Cc1ccc(N2C3=CC=CCC3OC3C=CC=CC32)cc1. The van der Waals surface area contributed by atoms with E-state index in [1.807, 2.05) is 0 Å². The number of hydrogen-bond acceptors (Lipinski definition) is 2. The standard InChI is InChI=1S/C19H19NO/c1-14-10-12-15(13-11-14)20-16-6-2-4-8-18(16)21-19-9-5-3-7-17(19)20/h2-8,10-13,16,18-19H,9H2,1H3. The lowest BCUT2D eigenvalue weighted by Crippen LogP contribution is -2.53. The fourth-order valence-electron chi connectivity index (χ4n) is 3.28. The summed E-state index contributed by atoms with van der Waals surface area (Å²) in [4.78, 5) is 2.43. The average molecular weight is 277 g/mol. The molecule has 0 saturated carbocycles. The third kappa shape index (κ3) is 2.16. The topological polar surface area (TPSA) is 12.5 Å². The van der Waals surface area contributed by atoms with Crippen molar-refractivity contribution in [2.24, 2.45) is 0 Å². The van der Waals surface area contributed by atoms with Crippen molar-refractivity contribution in [1.29, 1.82) is 0 Å². The normalized spacial score (nSPS) is 29.9. The van der Waals surface area contributed by atoms with Gasteiger partial charge in [0.25, 0.3) is 0 Å². The van der Waals surface area contributed by atoms with Crippen molar-refractivity contribution in [3.05, 3.63) is 78.1 Å². The number of ether oxygens (including phenoxy) is 1. The molecule has 1 saturated heterocycles. The summed E-state index contributed by atoms with van der Waals surface area (Å²) >= 11 is 0. The Kier molecular flexibility index (Phi) is 3.04. The molecule has 3 unspecified atom stereocenters. The number of nitrogens with zero attached hydrogens (tertiary/aromatic N) is 1. The number of hydrogen-bond donors (Lipinski definition) is 0. The predicted octanol–water partition coefficient (Wildman–Crippen LogP) is 3.91. The van der Waals surface area contributed by atoms with Gasteiger partial charge in [-0.1, -0.05) is 54.2 Å². The Bertz CT molecular complexity index is 651. The summed E-state index contributed by atoms with van der Waals surface area (Å²) in [6.45, 7) is 2.13. The second-order valence-corrected chi connectivity index (χ2v) is 5.81. The second kappa shape index (κ2) is 5.05. The first-order valence-electron chi connectivity index (χ1n) is 7.56. The van der Waals surface area contributed by atoms with Gasteiger partial charge >= 0.3 is 0 Å². The van der Waals surface area contributed by atoms with Crippen LogP contribution in [0.2, 0.25) is 0 Å². The maximum Gasteiger partial charge on any atom is 0.102 e. The molecule has 106 valence electrons. The zero-order chi connectivity index (χ0) is 14.2. The molecule has 1 aliphatic heterocycles. The summed E-state index contributed by atoms with van der Waals surface area (Å²) in [5, 5.41) is 0. The Labute approximate surface area is 125 Å². The van der Waals surface area contributed by atoms with Crippen molar-refractivity contribution in [3.8, 4) is 0 Å². The van der Waals surface area contributed by atoms with E-state index >= 15 is 0 Å². The Morgan fingerprint density at radius 1 is 1.05 bits per heavy atom. The number of aryl methyl sites for hydroxylation is 1. The van der Waals surface area contributed by atoms with Crippen LogP contribution in [0.15, 0.2) is 72.5 Å². The number of benzene rings is 1. The third-order valence-corrected chi connectivity index (χ3v) is 4.35. The van der Waals surface area contributed by atoms with Gasteiger partial charge in [-0.25, -0.2) is 0 Å². The molecule has 1 heterocycles. The summed E-state index contributed by atoms with van der Waals surface area (Å²) in [7, 11) is 0. The molecule has 0 radical (unpaired) electrons. The van der Waals surface area contributed by atoms with Crippen molar-refractivity contribution in [2.45, 2.75) is 31.6 Å². The molecular formula is C19H19NO. The van der Waals surface area contributed by atoms with E-state index in [0.717, 1.165) is 6.42 Å². The summed E-state index contributed by atoms with van der Waals surface area (Å²) in [6.07, 6.45) is 16.4. The Hall–Kier alpha value is -2.06. The van der Waals surface area contributed by atoms with Gasteiger partial charge < -0.3 is 9.64 Å². The van der Waals surface area contributed by atoms with Crippen molar-refractivity contribution < 1.29 is 4.74 Å². The highest BCUT2D eigenvalue weighted by Crippen LogP contribution is 2.37. The van der Waals surface area contributed by atoms with E-state index in [0.29, 0.717) is 0 Å². The molecule has 1 aromatic rings. The molecule has 0 amide bonds. The first-order chi connectivity index (χ1) is 10.3. The van der Waals surface area contributed by atoms with Crippen LogP contribution in [-0.4, -0.2) is 18.2 Å². The minimum Gasteiger partial charge on any atom is -0.362 e. The zero-order valence-corrected chi connectivity index (χ0v) is 12.1. The summed E-state index contributed by atoms with van der Waals surface area (Å²) in [5.41, 5.74) is 3.80. The minimum absolute atomic E-state index is 0.130. The summed E-state index contributed by atoms with van der Waals surface area (Å²) in [6, 6.07) is 9.01. The number of anilines is 1. The lowest BCUT2D eigenvalue weighted by molar-refractivity contribution is 0.00600. The average Bonchev–Trinajstić information content (AvgIpc) is 2.53. The summed E-state index contributed by atoms with van der Waals surface area (Å²) < 4.78 is 6.27. The highest BCUT2D eigenvalue weighted by molar-refractivity contribution is 5.59. The quantitative estimate of drug-likeness (QED) is 0.771. The zero-order valence-electron chi connectivity index (χ0n) is 12.1. The van der Waals surface area contributed by atoms with Gasteiger partial charge in [-0.2, -0.15) is 0 Å². The van der Waals surface area contributed by atoms with Gasteiger partial charge in [-0.05, 0) is 31.6 Å². The van der Waals surface area contributed by atoms with Crippen LogP contribution in [0, 0.1) is 6.92 Å². The van der Waals surface area contributed by atoms with Crippen molar-refractivity contribution in [3.63, 3.8) is 0 Å². The van der Waals surface area contributed by atoms with Crippen molar-refractivity contribution in [1.82, 2.24) is 0 Å². The molecule has 0 aromatic heterocycles. The van der Waals surface area contributed by atoms with Crippen LogP contribution in [-0.2, 0) is 4.74 Å². The smallest absolute Gasteiger partial charge is 0.102 e.